The normalized spacial score (nSPS) is 30.9. The largest absolute Gasteiger partial charge is 0.381 e. The van der Waals surface area contributed by atoms with E-state index < -0.39 is 0 Å². The summed E-state index contributed by atoms with van der Waals surface area (Å²) in [7, 11) is 1.83. The van der Waals surface area contributed by atoms with Crippen LogP contribution in [0.4, 0.5) is 0 Å². The predicted molar refractivity (Wildman–Crippen MR) is 78.9 cm³/mol. The lowest BCUT2D eigenvalue weighted by atomic mass is 9.94. The lowest BCUT2D eigenvalue weighted by molar-refractivity contribution is -0.0615. The van der Waals surface area contributed by atoms with Crippen molar-refractivity contribution in [3.8, 4) is 0 Å². The lowest BCUT2D eigenvalue weighted by Gasteiger charge is -2.40. The van der Waals surface area contributed by atoms with Gasteiger partial charge in [0, 0.05) is 32.0 Å². The summed E-state index contributed by atoms with van der Waals surface area (Å²) in [6.45, 7) is 5.47. The molecule has 118 valence electrons. The molecular weight excluding hydrogens is 268 g/mol. The highest BCUT2D eigenvalue weighted by molar-refractivity contribution is 4.95. The van der Waals surface area contributed by atoms with Gasteiger partial charge in [0.1, 0.15) is 11.6 Å². The molecular formula is C15H26N4O2. The first kappa shape index (κ1) is 14.9. The van der Waals surface area contributed by atoms with Crippen molar-refractivity contribution in [2.75, 3.05) is 26.9 Å². The number of rotatable bonds is 5. The van der Waals surface area contributed by atoms with Crippen molar-refractivity contribution in [3.63, 3.8) is 0 Å². The monoisotopic (exact) mass is 294 g/mol. The third-order valence-corrected chi connectivity index (χ3v) is 4.83. The van der Waals surface area contributed by atoms with E-state index in [1.807, 2.05) is 7.11 Å². The van der Waals surface area contributed by atoms with E-state index in [2.05, 4.69) is 27.0 Å². The predicted octanol–water partition coefficient (Wildman–Crippen LogP) is 1.38. The average molecular weight is 294 g/mol. The van der Waals surface area contributed by atoms with E-state index in [0.717, 1.165) is 44.4 Å². The fourth-order valence-corrected chi connectivity index (χ4v) is 3.69. The van der Waals surface area contributed by atoms with Crippen LogP contribution in [0.25, 0.3) is 0 Å². The van der Waals surface area contributed by atoms with Crippen LogP contribution < -0.4 is 0 Å². The van der Waals surface area contributed by atoms with E-state index in [9.17, 15) is 0 Å². The zero-order valence-electron chi connectivity index (χ0n) is 13.0. The molecule has 0 amide bonds. The Balaban J connectivity index is 1.69. The molecule has 1 aliphatic carbocycles. The number of hydrogen-bond donors (Lipinski definition) is 1. The molecule has 1 aliphatic heterocycles. The fourth-order valence-electron chi connectivity index (χ4n) is 3.69. The van der Waals surface area contributed by atoms with Crippen LogP contribution in [0, 0.1) is 5.92 Å². The second kappa shape index (κ2) is 6.85. The van der Waals surface area contributed by atoms with Crippen molar-refractivity contribution in [2.24, 2.45) is 5.92 Å². The topological polar surface area (TPSA) is 63.3 Å². The van der Waals surface area contributed by atoms with E-state index in [-0.39, 0.29) is 0 Å². The van der Waals surface area contributed by atoms with Gasteiger partial charge in [0.15, 0.2) is 0 Å². The number of ether oxygens (including phenoxy) is 2. The maximum Gasteiger partial charge on any atom is 0.150 e. The summed E-state index contributed by atoms with van der Waals surface area (Å²) >= 11 is 0. The Bertz CT molecular complexity index is 451. The molecule has 3 rings (SSSR count). The van der Waals surface area contributed by atoms with Crippen LogP contribution in [0.2, 0.25) is 0 Å². The molecule has 1 aromatic rings. The molecule has 2 aliphatic rings. The third kappa shape index (κ3) is 3.27. The maximum absolute atomic E-state index is 5.74. The van der Waals surface area contributed by atoms with Gasteiger partial charge in [-0.15, -0.1) is 0 Å². The van der Waals surface area contributed by atoms with Gasteiger partial charge < -0.3 is 9.47 Å². The van der Waals surface area contributed by atoms with Crippen molar-refractivity contribution >= 4 is 0 Å². The molecule has 0 spiro atoms. The first-order chi connectivity index (χ1) is 10.3. The fraction of sp³-hybridized carbons (Fsp3) is 0.867. The molecule has 6 nitrogen and oxygen atoms in total. The number of hydrogen-bond acceptors (Lipinski definition) is 5. The first-order valence-electron chi connectivity index (χ1n) is 8.06. The summed E-state index contributed by atoms with van der Waals surface area (Å²) in [5.74, 6) is 2.43. The van der Waals surface area contributed by atoms with E-state index in [1.165, 1.54) is 19.3 Å². The van der Waals surface area contributed by atoms with Gasteiger partial charge in [-0.05, 0) is 12.8 Å². The quantitative estimate of drug-likeness (QED) is 0.889. The van der Waals surface area contributed by atoms with E-state index in [1.54, 1.807) is 0 Å². The standard InChI is InChI=1S/C15H26N4O2/c1-3-14-16-15(18-17-14)9-19-7-8-21-10-12(19)11-5-4-6-13(11)20-2/h11-13H,3-10H2,1-2H3,(H,16,17,18)/t11-,12+,13+/m0/s1. The number of aromatic nitrogens is 3. The molecule has 1 aromatic heterocycles. The van der Waals surface area contributed by atoms with Crippen LogP contribution in [-0.4, -0.2) is 59.1 Å². The van der Waals surface area contributed by atoms with Crippen molar-refractivity contribution < 1.29 is 9.47 Å². The molecule has 2 fully saturated rings. The zero-order chi connectivity index (χ0) is 14.7. The van der Waals surface area contributed by atoms with Gasteiger partial charge >= 0.3 is 0 Å². The van der Waals surface area contributed by atoms with Crippen LogP contribution in [-0.2, 0) is 22.4 Å². The second-order valence-electron chi connectivity index (χ2n) is 6.03. The van der Waals surface area contributed by atoms with E-state index in [4.69, 9.17) is 9.47 Å². The van der Waals surface area contributed by atoms with Crippen LogP contribution in [0.3, 0.4) is 0 Å². The highest BCUT2D eigenvalue weighted by Crippen LogP contribution is 2.34. The highest BCUT2D eigenvalue weighted by Gasteiger charge is 2.38. The van der Waals surface area contributed by atoms with Crippen molar-refractivity contribution in [3.05, 3.63) is 11.6 Å². The minimum Gasteiger partial charge on any atom is -0.381 e. The Hall–Kier alpha value is -0.980. The van der Waals surface area contributed by atoms with Crippen LogP contribution in [0.1, 0.15) is 37.8 Å². The molecule has 1 saturated carbocycles. The molecule has 1 N–H and O–H groups in total. The molecule has 0 radical (unpaired) electrons. The number of morpholine rings is 1. The van der Waals surface area contributed by atoms with E-state index >= 15 is 0 Å². The van der Waals surface area contributed by atoms with Gasteiger partial charge in [0.05, 0.1) is 25.9 Å². The summed E-state index contributed by atoms with van der Waals surface area (Å²) in [6, 6.07) is 0.432. The van der Waals surface area contributed by atoms with Crippen molar-refractivity contribution in [1.82, 2.24) is 20.1 Å². The van der Waals surface area contributed by atoms with Gasteiger partial charge in [0.25, 0.3) is 0 Å². The van der Waals surface area contributed by atoms with Crippen molar-refractivity contribution in [1.29, 1.82) is 0 Å². The summed E-state index contributed by atoms with van der Waals surface area (Å²) in [5, 5.41) is 7.30. The molecule has 2 heterocycles. The SMILES string of the molecule is CCc1n[nH]c(CN2CCOC[C@@H]2[C@@H]2CCC[C@H]2OC)n1. The smallest absolute Gasteiger partial charge is 0.150 e. The van der Waals surface area contributed by atoms with Crippen LogP contribution in [0.15, 0.2) is 0 Å². The third-order valence-electron chi connectivity index (χ3n) is 4.83. The average Bonchev–Trinajstić information content (AvgIpc) is 3.16. The second-order valence-corrected chi connectivity index (χ2v) is 6.03. The van der Waals surface area contributed by atoms with Gasteiger partial charge in [0.2, 0.25) is 0 Å². The molecule has 3 atom stereocenters. The minimum absolute atomic E-state index is 0.375. The number of H-pyrrole nitrogens is 1. The Labute approximate surface area is 126 Å². The first-order valence-corrected chi connectivity index (χ1v) is 8.06. The van der Waals surface area contributed by atoms with Crippen LogP contribution in [0.5, 0.6) is 0 Å². The Morgan fingerprint density at radius 2 is 2.33 bits per heavy atom. The number of methoxy groups -OCH3 is 1. The molecule has 0 bridgehead atoms. The lowest BCUT2D eigenvalue weighted by Crippen LogP contribution is -2.51. The highest BCUT2D eigenvalue weighted by atomic mass is 16.5. The maximum atomic E-state index is 5.74. The van der Waals surface area contributed by atoms with Gasteiger partial charge in [-0.25, -0.2) is 4.98 Å². The van der Waals surface area contributed by atoms with Gasteiger partial charge in [-0.1, -0.05) is 13.3 Å². The van der Waals surface area contributed by atoms with E-state index in [0.29, 0.717) is 18.1 Å². The molecule has 6 heteroatoms. The van der Waals surface area contributed by atoms with Gasteiger partial charge in [-0.2, -0.15) is 5.10 Å². The van der Waals surface area contributed by atoms with Crippen LogP contribution >= 0.6 is 0 Å². The zero-order valence-corrected chi connectivity index (χ0v) is 13.0. The molecule has 0 aromatic carbocycles. The number of aromatic amines is 1. The summed E-state index contributed by atoms with van der Waals surface area (Å²) in [6.07, 6.45) is 4.92. The van der Waals surface area contributed by atoms with Crippen molar-refractivity contribution in [2.45, 2.75) is 51.3 Å². The Morgan fingerprint density at radius 3 is 3.10 bits per heavy atom. The Kier molecular flexibility index (Phi) is 4.87. The molecule has 1 saturated heterocycles. The number of nitrogens with one attached hydrogen (secondary N) is 1. The Morgan fingerprint density at radius 1 is 1.43 bits per heavy atom. The summed E-state index contributed by atoms with van der Waals surface area (Å²) < 4.78 is 11.4. The molecule has 0 unspecified atom stereocenters. The summed E-state index contributed by atoms with van der Waals surface area (Å²) in [4.78, 5) is 7.03. The molecule has 21 heavy (non-hydrogen) atoms. The van der Waals surface area contributed by atoms with Gasteiger partial charge in [-0.3, -0.25) is 10.00 Å². The number of aryl methyl sites for hydroxylation is 1. The minimum atomic E-state index is 0.375. The number of nitrogens with zero attached hydrogens (tertiary/aromatic N) is 3. The summed E-state index contributed by atoms with van der Waals surface area (Å²) in [5.41, 5.74) is 0.